The highest BCUT2D eigenvalue weighted by Gasteiger charge is 2.12. The summed E-state index contributed by atoms with van der Waals surface area (Å²) < 4.78 is 1.01. The average molecular weight is 254 g/mol. The van der Waals surface area contributed by atoms with E-state index in [1.807, 2.05) is 12.3 Å². The molecule has 2 rings (SSSR count). The van der Waals surface area contributed by atoms with E-state index >= 15 is 0 Å². The molecule has 1 atom stereocenters. The van der Waals surface area contributed by atoms with Gasteiger partial charge in [0, 0.05) is 16.9 Å². The quantitative estimate of drug-likeness (QED) is 0.822. The van der Waals surface area contributed by atoms with Crippen molar-refractivity contribution in [3.63, 3.8) is 0 Å². The summed E-state index contributed by atoms with van der Waals surface area (Å²) in [6.07, 6.45) is 8.16. The van der Waals surface area contributed by atoms with Crippen LogP contribution < -0.4 is 0 Å². The SMILES string of the molecule is OC1C=C(Cc2cncc(Br)c2)CC1. The first-order valence-corrected chi connectivity index (χ1v) is 5.50. The maximum Gasteiger partial charge on any atom is 0.0726 e. The van der Waals surface area contributed by atoms with Crippen LogP contribution in [0.15, 0.2) is 34.6 Å². The van der Waals surface area contributed by atoms with E-state index in [4.69, 9.17) is 0 Å². The molecule has 1 aliphatic rings. The number of nitrogens with zero attached hydrogens (tertiary/aromatic N) is 1. The third-order valence-corrected chi connectivity index (χ3v) is 2.82. The van der Waals surface area contributed by atoms with Crippen molar-refractivity contribution in [3.8, 4) is 0 Å². The molecule has 1 aromatic rings. The maximum atomic E-state index is 9.33. The Labute approximate surface area is 91.8 Å². The number of hydrogen-bond donors (Lipinski definition) is 1. The first-order chi connectivity index (χ1) is 6.74. The summed E-state index contributed by atoms with van der Waals surface area (Å²) in [7, 11) is 0. The Kier molecular flexibility index (Phi) is 2.99. The summed E-state index contributed by atoms with van der Waals surface area (Å²) in [6, 6.07) is 2.07. The molecule has 1 aliphatic carbocycles. The van der Waals surface area contributed by atoms with E-state index in [9.17, 15) is 5.11 Å². The zero-order chi connectivity index (χ0) is 9.97. The molecule has 0 aliphatic heterocycles. The van der Waals surface area contributed by atoms with Crippen LogP contribution in [0.4, 0.5) is 0 Å². The van der Waals surface area contributed by atoms with Crippen LogP contribution in [0.25, 0.3) is 0 Å². The summed E-state index contributed by atoms with van der Waals surface area (Å²) in [5.74, 6) is 0. The van der Waals surface area contributed by atoms with E-state index in [1.165, 1.54) is 11.1 Å². The average Bonchev–Trinajstić information content (AvgIpc) is 2.51. The number of aromatic nitrogens is 1. The van der Waals surface area contributed by atoms with Crippen LogP contribution in [0.5, 0.6) is 0 Å². The molecule has 0 bridgehead atoms. The molecule has 0 spiro atoms. The summed E-state index contributed by atoms with van der Waals surface area (Å²) in [4.78, 5) is 4.11. The van der Waals surface area contributed by atoms with E-state index < -0.39 is 0 Å². The lowest BCUT2D eigenvalue weighted by Gasteiger charge is -2.01. The minimum absolute atomic E-state index is 0.231. The van der Waals surface area contributed by atoms with Gasteiger partial charge in [-0.25, -0.2) is 0 Å². The van der Waals surface area contributed by atoms with Crippen molar-refractivity contribution in [2.45, 2.75) is 25.4 Å². The molecule has 14 heavy (non-hydrogen) atoms. The standard InChI is InChI=1S/C11H12BrNO/c12-10-4-9(6-13-7-10)3-8-1-2-11(14)5-8/h4-7,11,14H,1-3H2. The molecular weight excluding hydrogens is 242 g/mol. The molecule has 0 amide bonds. The fraction of sp³-hybridized carbons (Fsp3) is 0.364. The topological polar surface area (TPSA) is 33.1 Å². The van der Waals surface area contributed by atoms with Crippen LogP contribution >= 0.6 is 15.9 Å². The van der Waals surface area contributed by atoms with Crippen molar-refractivity contribution in [3.05, 3.63) is 40.1 Å². The van der Waals surface area contributed by atoms with Gasteiger partial charge in [-0.3, -0.25) is 4.98 Å². The Morgan fingerprint density at radius 3 is 3.00 bits per heavy atom. The largest absolute Gasteiger partial charge is 0.389 e. The van der Waals surface area contributed by atoms with Crippen LogP contribution in [-0.4, -0.2) is 16.2 Å². The third-order valence-electron chi connectivity index (χ3n) is 2.38. The molecule has 0 radical (unpaired) electrons. The Balaban J connectivity index is 2.08. The van der Waals surface area contributed by atoms with E-state index in [1.54, 1.807) is 6.20 Å². The fourth-order valence-electron chi connectivity index (χ4n) is 1.73. The van der Waals surface area contributed by atoms with Crippen LogP contribution in [0.1, 0.15) is 18.4 Å². The summed E-state index contributed by atoms with van der Waals surface area (Å²) in [6.45, 7) is 0. The Morgan fingerprint density at radius 2 is 2.36 bits per heavy atom. The van der Waals surface area contributed by atoms with Gasteiger partial charge in [0.15, 0.2) is 0 Å². The Bertz CT molecular complexity index is 362. The highest BCUT2D eigenvalue weighted by Crippen LogP contribution is 2.22. The normalized spacial score (nSPS) is 21.0. The van der Waals surface area contributed by atoms with Crippen molar-refractivity contribution in [1.29, 1.82) is 0 Å². The van der Waals surface area contributed by atoms with Crippen LogP contribution in [0.2, 0.25) is 0 Å². The van der Waals surface area contributed by atoms with E-state index in [0.717, 1.165) is 23.7 Å². The number of halogens is 1. The highest BCUT2D eigenvalue weighted by molar-refractivity contribution is 9.10. The second-order valence-electron chi connectivity index (χ2n) is 3.62. The minimum Gasteiger partial charge on any atom is -0.389 e. The van der Waals surface area contributed by atoms with Gasteiger partial charge in [-0.05, 0) is 46.8 Å². The first-order valence-electron chi connectivity index (χ1n) is 4.71. The van der Waals surface area contributed by atoms with Crippen LogP contribution in [0, 0.1) is 0 Å². The predicted octanol–water partition coefficient (Wildman–Crippen LogP) is 2.47. The number of allylic oxidation sites excluding steroid dienone is 1. The van der Waals surface area contributed by atoms with Gasteiger partial charge >= 0.3 is 0 Å². The smallest absolute Gasteiger partial charge is 0.0726 e. The summed E-state index contributed by atoms with van der Waals surface area (Å²) in [5, 5.41) is 9.33. The second-order valence-corrected chi connectivity index (χ2v) is 4.53. The molecule has 0 fully saturated rings. The van der Waals surface area contributed by atoms with Gasteiger partial charge in [-0.1, -0.05) is 11.6 Å². The summed E-state index contributed by atoms with van der Waals surface area (Å²) in [5.41, 5.74) is 2.51. The summed E-state index contributed by atoms with van der Waals surface area (Å²) >= 11 is 3.39. The lowest BCUT2D eigenvalue weighted by Crippen LogP contribution is -1.93. The molecule has 74 valence electrons. The molecule has 1 heterocycles. The number of pyridine rings is 1. The van der Waals surface area contributed by atoms with E-state index in [0.29, 0.717) is 0 Å². The molecule has 1 aromatic heterocycles. The highest BCUT2D eigenvalue weighted by atomic mass is 79.9. The number of hydrogen-bond acceptors (Lipinski definition) is 2. The molecule has 0 aromatic carbocycles. The van der Waals surface area contributed by atoms with Gasteiger partial charge in [0.1, 0.15) is 0 Å². The van der Waals surface area contributed by atoms with Crippen molar-refractivity contribution < 1.29 is 5.11 Å². The Hall–Kier alpha value is -0.670. The van der Waals surface area contributed by atoms with E-state index in [2.05, 4.69) is 27.0 Å². The predicted molar refractivity (Wildman–Crippen MR) is 59.0 cm³/mol. The van der Waals surface area contributed by atoms with Gasteiger partial charge in [0.2, 0.25) is 0 Å². The number of rotatable bonds is 2. The zero-order valence-electron chi connectivity index (χ0n) is 7.78. The van der Waals surface area contributed by atoms with Crippen molar-refractivity contribution in [1.82, 2.24) is 4.98 Å². The molecule has 1 unspecified atom stereocenters. The van der Waals surface area contributed by atoms with Crippen molar-refractivity contribution in [2.75, 3.05) is 0 Å². The third kappa shape index (κ3) is 2.42. The van der Waals surface area contributed by atoms with Crippen molar-refractivity contribution >= 4 is 15.9 Å². The van der Waals surface area contributed by atoms with Crippen LogP contribution in [-0.2, 0) is 6.42 Å². The molecule has 1 N–H and O–H groups in total. The van der Waals surface area contributed by atoms with Gasteiger partial charge in [0.25, 0.3) is 0 Å². The molecule has 0 saturated heterocycles. The molecular formula is C11H12BrNO. The zero-order valence-corrected chi connectivity index (χ0v) is 9.37. The van der Waals surface area contributed by atoms with Gasteiger partial charge in [0.05, 0.1) is 6.10 Å². The van der Waals surface area contributed by atoms with Gasteiger partial charge < -0.3 is 5.11 Å². The number of aliphatic hydroxyl groups is 1. The van der Waals surface area contributed by atoms with Gasteiger partial charge in [-0.2, -0.15) is 0 Å². The first kappa shape index (κ1) is 9.87. The lowest BCUT2D eigenvalue weighted by atomic mass is 10.1. The van der Waals surface area contributed by atoms with Gasteiger partial charge in [-0.15, -0.1) is 0 Å². The molecule has 2 nitrogen and oxygen atoms in total. The number of aliphatic hydroxyl groups excluding tert-OH is 1. The van der Waals surface area contributed by atoms with Crippen molar-refractivity contribution in [2.24, 2.45) is 0 Å². The maximum absolute atomic E-state index is 9.33. The molecule has 0 saturated carbocycles. The van der Waals surface area contributed by atoms with E-state index in [-0.39, 0.29) is 6.10 Å². The lowest BCUT2D eigenvalue weighted by molar-refractivity contribution is 0.223. The second kappa shape index (κ2) is 4.24. The fourth-order valence-corrected chi connectivity index (χ4v) is 2.15. The minimum atomic E-state index is -0.231. The van der Waals surface area contributed by atoms with Crippen LogP contribution in [0.3, 0.4) is 0 Å². The monoisotopic (exact) mass is 253 g/mol. The Morgan fingerprint density at radius 1 is 1.50 bits per heavy atom. The molecule has 3 heteroatoms.